The molecule has 1 amide bonds. The van der Waals surface area contributed by atoms with Gasteiger partial charge in [-0.1, -0.05) is 0 Å². The van der Waals surface area contributed by atoms with Crippen LogP contribution in [0.15, 0.2) is 18.6 Å². The maximum atomic E-state index is 11.8. The molecule has 16 heavy (non-hydrogen) atoms. The van der Waals surface area contributed by atoms with E-state index in [2.05, 4.69) is 20.6 Å². The van der Waals surface area contributed by atoms with Crippen molar-refractivity contribution in [3.05, 3.63) is 18.6 Å². The minimum Gasteiger partial charge on any atom is -0.360 e. The monoisotopic (exact) mass is 221 g/mol. The van der Waals surface area contributed by atoms with Crippen molar-refractivity contribution >= 4 is 11.7 Å². The van der Waals surface area contributed by atoms with E-state index >= 15 is 0 Å². The second kappa shape index (κ2) is 5.41. The van der Waals surface area contributed by atoms with Crippen LogP contribution in [0.4, 0.5) is 5.82 Å². The largest absolute Gasteiger partial charge is 0.360 e. The minimum atomic E-state index is 0.104. The minimum absolute atomic E-state index is 0.104. The van der Waals surface area contributed by atoms with Crippen LogP contribution in [0.3, 0.4) is 0 Å². The van der Waals surface area contributed by atoms with Gasteiger partial charge in [0.2, 0.25) is 5.91 Å². The topological polar surface area (TPSA) is 70.2 Å². The Morgan fingerprint density at radius 3 is 2.94 bits per heavy atom. The Hall–Kier alpha value is -1.69. The summed E-state index contributed by atoms with van der Waals surface area (Å²) in [6, 6.07) is 0. The zero-order valence-electron chi connectivity index (χ0n) is 9.02. The average Bonchev–Trinajstić information content (AvgIpc) is 2.38. The summed E-state index contributed by atoms with van der Waals surface area (Å²) in [5.41, 5.74) is 0. The number of piperazine rings is 1. The number of nitrogens with zero attached hydrogens (tertiary/aromatic N) is 3. The normalized spacial score (nSPS) is 15.9. The van der Waals surface area contributed by atoms with E-state index in [0.29, 0.717) is 5.82 Å². The number of hydrogen-bond acceptors (Lipinski definition) is 5. The lowest BCUT2D eigenvalue weighted by molar-refractivity contribution is -0.129. The number of nitrogens with one attached hydrogen (secondary N) is 2. The third kappa shape index (κ3) is 2.90. The summed E-state index contributed by atoms with van der Waals surface area (Å²) in [5.74, 6) is 0.734. The van der Waals surface area contributed by atoms with E-state index in [9.17, 15) is 4.79 Å². The molecule has 0 aromatic carbocycles. The van der Waals surface area contributed by atoms with Crippen molar-refractivity contribution in [1.29, 1.82) is 0 Å². The summed E-state index contributed by atoms with van der Waals surface area (Å²) < 4.78 is 0. The predicted octanol–water partition coefficient (Wildman–Crippen LogP) is -0.680. The number of amides is 1. The zero-order valence-corrected chi connectivity index (χ0v) is 9.02. The van der Waals surface area contributed by atoms with Gasteiger partial charge in [0.25, 0.3) is 0 Å². The number of hydrogen-bond donors (Lipinski definition) is 2. The third-order valence-corrected chi connectivity index (χ3v) is 2.45. The molecule has 0 unspecified atom stereocenters. The van der Waals surface area contributed by atoms with E-state index in [1.807, 2.05) is 4.90 Å². The summed E-state index contributed by atoms with van der Waals surface area (Å²) in [6.45, 7) is 3.58. The summed E-state index contributed by atoms with van der Waals surface area (Å²) >= 11 is 0. The fourth-order valence-electron chi connectivity index (χ4n) is 1.58. The van der Waals surface area contributed by atoms with Gasteiger partial charge in [-0.15, -0.1) is 0 Å². The molecule has 1 aromatic rings. The second-order valence-corrected chi connectivity index (χ2v) is 3.57. The molecule has 0 radical (unpaired) electrons. The van der Waals surface area contributed by atoms with Gasteiger partial charge in [0.15, 0.2) is 0 Å². The lowest BCUT2D eigenvalue weighted by Gasteiger charge is -2.27. The molecular weight excluding hydrogens is 206 g/mol. The maximum Gasteiger partial charge on any atom is 0.242 e. The Morgan fingerprint density at radius 1 is 1.44 bits per heavy atom. The fraction of sp³-hybridized carbons (Fsp3) is 0.500. The van der Waals surface area contributed by atoms with Gasteiger partial charge in [0, 0.05) is 38.6 Å². The molecule has 0 bridgehead atoms. The SMILES string of the molecule is O=C(CNc1cnccn1)N1CCNCC1. The molecule has 1 saturated heterocycles. The van der Waals surface area contributed by atoms with Crippen molar-refractivity contribution in [2.45, 2.75) is 0 Å². The van der Waals surface area contributed by atoms with Crippen LogP contribution < -0.4 is 10.6 Å². The van der Waals surface area contributed by atoms with Gasteiger partial charge in [-0.3, -0.25) is 9.78 Å². The van der Waals surface area contributed by atoms with Crippen molar-refractivity contribution in [2.24, 2.45) is 0 Å². The Labute approximate surface area is 94.1 Å². The maximum absolute atomic E-state index is 11.8. The first-order valence-corrected chi connectivity index (χ1v) is 5.34. The van der Waals surface area contributed by atoms with Crippen LogP contribution in [0, 0.1) is 0 Å². The standard InChI is InChI=1S/C10H15N5O/c16-10(15-5-3-11-4-6-15)8-14-9-7-12-1-2-13-9/h1-2,7,11H,3-6,8H2,(H,13,14). The van der Waals surface area contributed by atoms with E-state index in [-0.39, 0.29) is 12.5 Å². The Bertz CT molecular complexity index is 336. The number of aromatic nitrogens is 2. The van der Waals surface area contributed by atoms with Gasteiger partial charge in [-0.2, -0.15) is 0 Å². The van der Waals surface area contributed by atoms with Gasteiger partial charge < -0.3 is 15.5 Å². The smallest absolute Gasteiger partial charge is 0.242 e. The van der Waals surface area contributed by atoms with Crippen molar-refractivity contribution in [3.63, 3.8) is 0 Å². The number of carbonyl (C=O) groups is 1. The van der Waals surface area contributed by atoms with E-state index in [4.69, 9.17) is 0 Å². The zero-order chi connectivity index (χ0) is 11.2. The quantitative estimate of drug-likeness (QED) is 0.707. The van der Waals surface area contributed by atoms with Crippen molar-refractivity contribution in [3.8, 4) is 0 Å². The average molecular weight is 221 g/mol. The second-order valence-electron chi connectivity index (χ2n) is 3.57. The molecule has 6 heteroatoms. The highest BCUT2D eigenvalue weighted by molar-refractivity contribution is 5.80. The molecule has 1 aliphatic rings. The van der Waals surface area contributed by atoms with Crippen LogP contribution in [0.1, 0.15) is 0 Å². The third-order valence-electron chi connectivity index (χ3n) is 2.45. The Morgan fingerprint density at radius 2 is 2.25 bits per heavy atom. The van der Waals surface area contributed by atoms with Gasteiger partial charge in [-0.05, 0) is 0 Å². The van der Waals surface area contributed by atoms with Crippen molar-refractivity contribution in [2.75, 3.05) is 38.0 Å². The van der Waals surface area contributed by atoms with E-state index in [0.717, 1.165) is 26.2 Å². The molecular formula is C10H15N5O. The van der Waals surface area contributed by atoms with Crippen LogP contribution in [-0.2, 0) is 4.79 Å². The molecule has 6 nitrogen and oxygen atoms in total. The number of carbonyl (C=O) groups excluding carboxylic acids is 1. The first kappa shape index (κ1) is 10.8. The van der Waals surface area contributed by atoms with Crippen molar-refractivity contribution in [1.82, 2.24) is 20.2 Å². The summed E-state index contributed by atoms with van der Waals surface area (Å²) in [4.78, 5) is 21.6. The molecule has 1 aromatic heterocycles. The molecule has 0 aliphatic carbocycles. The van der Waals surface area contributed by atoms with E-state index in [1.54, 1.807) is 18.6 Å². The van der Waals surface area contributed by atoms with Gasteiger partial charge >= 0.3 is 0 Å². The van der Waals surface area contributed by atoms with Gasteiger partial charge in [0.1, 0.15) is 5.82 Å². The highest BCUT2D eigenvalue weighted by atomic mass is 16.2. The molecule has 1 fully saturated rings. The highest BCUT2D eigenvalue weighted by Gasteiger charge is 2.15. The highest BCUT2D eigenvalue weighted by Crippen LogP contribution is 1.98. The lowest BCUT2D eigenvalue weighted by Crippen LogP contribution is -2.48. The summed E-state index contributed by atoms with van der Waals surface area (Å²) in [6.07, 6.45) is 4.80. The predicted molar refractivity (Wildman–Crippen MR) is 60.0 cm³/mol. The Kier molecular flexibility index (Phi) is 3.66. The first-order valence-electron chi connectivity index (χ1n) is 5.34. The van der Waals surface area contributed by atoms with E-state index in [1.165, 1.54) is 0 Å². The number of rotatable bonds is 3. The molecule has 0 atom stereocenters. The summed E-state index contributed by atoms with van der Waals surface area (Å²) in [7, 11) is 0. The lowest BCUT2D eigenvalue weighted by atomic mass is 10.3. The molecule has 86 valence electrons. The fourth-order valence-corrected chi connectivity index (χ4v) is 1.58. The van der Waals surface area contributed by atoms with Crippen LogP contribution >= 0.6 is 0 Å². The molecule has 2 N–H and O–H groups in total. The van der Waals surface area contributed by atoms with E-state index < -0.39 is 0 Å². The number of anilines is 1. The molecule has 2 rings (SSSR count). The van der Waals surface area contributed by atoms with Crippen LogP contribution in [-0.4, -0.2) is 53.5 Å². The molecule has 2 heterocycles. The Balaban J connectivity index is 1.79. The summed E-state index contributed by atoms with van der Waals surface area (Å²) in [5, 5.41) is 6.16. The molecule has 1 aliphatic heterocycles. The van der Waals surface area contributed by atoms with Gasteiger partial charge in [0.05, 0.1) is 12.7 Å². The van der Waals surface area contributed by atoms with Crippen LogP contribution in [0.5, 0.6) is 0 Å². The molecule has 0 spiro atoms. The van der Waals surface area contributed by atoms with Crippen molar-refractivity contribution < 1.29 is 4.79 Å². The van der Waals surface area contributed by atoms with Gasteiger partial charge in [-0.25, -0.2) is 4.98 Å². The van der Waals surface area contributed by atoms with Crippen LogP contribution in [0.25, 0.3) is 0 Å². The molecule has 0 saturated carbocycles. The first-order chi connectivity index (χ1) is 7.86. The van der Waals surface area contributed by atoms with Crippen LogP contribution in [0.2, 0.25) is 0 Å².